The Kier molecular flexibility index (Phi) is 5.71. The van der Waals surface area contributed by atoms with Crippen molar-refractivity contribution in [3.8, 4) is 22.8 Å². The van der Waals surface area contributed by atoms with Crippen LogP contribution in [0.3, 0.4) is 0 Å². The van der Waals surface area contributed by atoms with Crippen molar-refractivity contribution in [1.29, 1.82) is 0 Å². The van der Waals surface area contributed by atoms with Crippen molar-refractivity contribution in [2.24, 2.45) is 0 Å². The van der Waals surface area contributed by atoms with Crippen LogP contribution in [0.1, 0.15) is 10.4 Å². The van der Waals surface area contributed by atoms with Gasteiger partial charge in [0.05, 0.1) is 7.11 Å². The summed E-state index contributed by atoms with van der Waals surface area (Å²) in [7, 11) is 1.64. The molecule has 3 aromatic carbocycles. The lowest BCUT2D eigenvalue weighted by Crippen LogP contribution is -2.43. The van der Waals surface area contributed by atoms with E-state index in [2.05, 4.69) is 5.32 Å². The molecule has 0 fully saturated rings. The molecule has 7 heteroatoms. The van der Waals surface area contributed by atoms with Crippen molar-refractivity contribution >= 4 is 23.5 Å². The lowest BCUT2D eigenvalue weighted by atomic mass is 10.1. The van der Waals surface area contributed by atoms with Gasteiger partial charge in [-0.25, -0.2) is 9.78 Å². The quantitative estimate of drug-likeness (QED) is 0.414. The van der Waals surface area contributed by atoms with Gasteiger partial charge in [-0.2, -0.15) is 4.57 Å². The fourth-order valence-corrected chi connectivity index (χ4v) is 4.65. The average Bonchev–Trinajstić information content (AvgIpc) is 3.17. The highest BCUT2D eigenvalue weighted by atomic mass is 32.2. The molecule has 0 radical (unpaired) electrons. The first-order valence-corrected chi connectivity index (χ1v) is 11.3. The number of hydrogen-bond donors (Lipinski definition) is 2. The molecule has 2 heterocycles. The van der Waals surface area contributed by atoms with Gasteiger partial charge < -0.3 is 9.84 Å². The Labute approximate surface area is 195 Å². The second-order valence-electron chi connectivity index (χ2n) is 7.70. The molecule has 1 unspecified atom stereocenters. The predicted molar refractivity (Wildman–Crippen MR) is 127 cm³/mol. The number of phenols is 1. The van der Waals surface area contributed by atoms with Gasteiger partial charge in [0.25, 0.3) is 0 Å². The molecule has 5 rings (SSSR count). The number of methoxy groups -OCH3 is 1. The molecule has 0 amide bonds. The summed E-state index contributed by atoms with van der Waals surface area (Å²) in [6.45, 7) is 0. The first-order valence-electron chi connectivity index (χ1n) is 10.5. The minimum atomic E-state index is -0.419. The number of aromatic hydroxyl groups is 1. The zero-order valence-corrected chi connectivity index (χ0v) is 18.8. The SMILES string of the molecule is COc1ccc(Sc2nc(-c3ccccc3)c[n+]3c2NC(Cc2ccc(O)cc2)C3=O)cc1. The van der Waals surface area contributed by atoms with E-state index in [1.807, 2.05) is 66.7 Å². The average molecular weight is 457 g/mol. The molecule has 0 saturated heterocycles. The number of phenolic OH excluding ortho intramolecular Hbond substituents is 1. The van der Waals surface area contributed by atoms with Gasteiger partial charge in [0.2, 0.25) is 0 Å². The van der Waals surface area contributed by atoms with Crippen molar-refractivity contribution < 1.29 is 19.2 Å². The number of carbonyl (C=O) groups is 1. The van der Waals surface area contributed by atoms with E-state index in [0.717, 1.165) is 32.5 Å². The summed E-state index contributed by atoms with van der Waals surface area (Å²) < 4.78 is 6.93. The number of carbonyl (C=O) groups excluding carboxylic acids is 1. The van der Waals surface area contributed by atoms with Crippen LogP contribution < -0.4 is 14.6 Å². The molecule has 4 aromatic rings. The Bertz CT molecular complexity index is 1290. The third-order valence-corrected chi connectivity index (χ3v) is 6.47. The third kappa shape index (κ3) is 4.40. The molecule has 0 spiro atoms. The van der Waals surface area contributed by atoms with Gasteiger partial charge in [-0.1, -0.05) is 54.2 Å². The Hall–Kier alpha value is -3.84. The summed E-state index contributed by atoms with van der Waals surface area (Å²) in [5, 5.41) is 13.7. The molecular weight excluding hydrogens is 434 g/mol. The number of ether oxygens (including phenoxy) is 1. The third-order valence-electron chi connectivity index (χ3n) is 5.48. The Morgan fingerprint density at radius 2 is 1.76 bits per heavy atom. The van der Waals surface area contributed by atoms with E-state index in [1.54, 1.807) is 30.0 Å². The van der Waals surface area contributed by atoms with Gasteiger partial charge in [0.1, 0.15) is 23.4 Å². The zero-order valence-electron chi connectivity index (χ0n) is 17.9. The molecule has 0 aliphatic carbocycles. The van der Waals surface area contributed by atoms with Crippen molar-refractivity contribution in [1.82, 2.24) is 4.98 Å². The molecule has 1 atom stereocenters. The van der Waals surface area contributed by atoms with Crippen molar-refractivity contribution in [3.05, 3.63) is 90.6 Å². The summed E-state index contributed by atoms with van der Waals surface area (Å²) in [6, 6.07) is 24.1. The fourth-order valence-electron chi connectivity index (χ4n) is 3.76. The minimum absolute atomic E-state index is 0.0331. The lowest BCUT2D eigenvalue weighted by Gasteiger charge is -2.07. The number of benzene rings is 3. The van der Waals surface area contributed by atoms with E-state index in [0.29, 0.717) is 12.2 Å². The molecule has 1 aromatic heterocycles. The number of aromatic nitrogens is 2. The number of nitrogens with zero attached hydrogens (tertiary/aromatic N) is 2. The van der Waals surface area contributed by atoms with Crippen molar-refractivity contribution in [3.63, 3.8) is 0 Å². The van der Waals surface area contributed by atoms with Crippen LogP contribution in [0.2, 0.25) is 0 Å². The molecule has 1 aliphatic rings. The summed E-state index contributed by atoms with van der Waals surface area (Å²) >= 11 is 1.50. The maximum Gasteiger partial charge on any atom is 0.359 e. The van der Waals surface area contributed by atoms with Crippen molar-refractivity contribution in [2.75, 3.05) is 12.4 Å². The highest BCUT2D eigenvalue weighted by Crippen LogP contribution is 2.34. The topological polar surface area (TPSA) is 75.3 Å². The van der Waals surface area contributed by atoms with E-state index in [9.17, 15) is 9.90 Å². The molecule has 164 valence electrons. The smallest absolute Gasteiger partial charge is 0.359 e. The maximum absolute atomic E-state index is 13.3. The Morgan fingerprint density at radius 1 is 1.03 bits per heavy atom. The van der Waals surface area contributed by atoms with Crippen LogP contribution >= 0.6 is 11.8 Å². The number of rotatable bonds is 6. The normalized spacial score (nSPS) is 14.6. The molecule has 0 saturated carbocycles. The van der Waals surface area contributed by atoms with Gasteiger partial charge in [-0.15, -0.1) is 0 Å². The number of fused-ring (bicyclic) bond motifs is 1. The first-order chi connectivity index (χ1) is 16.1. The van der Waals surface area contributed by atoms with Gasteiger partial charge >= 0.3 is 11.7 Å². The molecule has 33 heavy (non-hydrogen) atoms. The largest absolute Gasteiger partial charge is 0.508 e. The monoisotopic (exact) mass is 456 g/mol. The second-order valence-corrected chi connectivity index (χ2v) is 8.76. The zero-order chi connectivity index (χ0) is 22.8. The van der Waals surface area contributed by atoms with E-state index >= 15 is 0 Å². The lowest BCUT2D eigenvalue weighted by molar-refractivity contribution is -0.554. The van der Waals surface area contributed by atoms with E-state index in [-0.39, 0.29) is 11.7 Å². The molecule has 6 nitrogen and oxygen atoms in total. The van der Waals surface area contributed by atoms with Crippen LogP contribution in [0.5, 0.6) is 11.5 Å². The summed E-state index contributed by atoms with van der Waals surface area (Å²) in [4.78, 5) is 19.2. The Balaban J connectivity index is 1.52. The number of hydrogen-bond acceptors (Lipinski definition) is 6. The van der Waals surface area contributed by atoms with Crippen LogP contribution in [-0.4, -0.2) is 29.1 Å². The van der Waals surface area contributed by atoms with Gasteiger partial charge in [0.15, 0.2) is 11.1 Å². The van der Waals surface area contributed by atoms with E-state index in [4.69, 9.17) is 9.72 Å². The minimum Gasteiger partial charge on any atom is -0.508 e. The second kappa shape index (κ2) is 8.96. The van der Waals surface area contributed by atoms with Crippen LogP contribution in [0, 0.1) is 0 Å². The predicted octanol–water partition coefficient (Wildman–Crippen LogP) is 4.58. The van der Waals surface area contributed by atoms with Crippen molar-refractivity contribution in [2.45, 2.75) is 22.4 Å². The van der Waals surface area contributed by atoms with Gasteiger partial charge in [-0.3, -0.25) is 5.32 Å². The van der Waals surface area contributed by atoms with Gasteiger partial charge in [0, 0.05) is 16.9 Å². The first kappa shape index (κ1) is 21.0. The number of nitrogens with one attached hydrogen (secondary N) is 1. The molecule has 1 aliphatic heterocycles. The summed E-state index contributed by atoms with van der Waals surface area (Å²) in [6.07, 6.45) is 2.31. The number of anilines is 1. The van der Waals surface area contributed by atoms with Crippen LogP contribution in [0.25, 0.3) is 11.3 Å². The fraction of sp³-hybridized carbons (Fsp3) is 0.115. The molecule has 0 bridgehead atoms. The van der Waals surface area contributed by atoms with E-state index in [1.165, 1.54) is 11.8 Å². The molecule has 2 N–H and O–H groups in total. The summed E-state index contributed by atoms with van der Waals surface area (Å²) in [5.41, 5.74) is 2.64. The highest BCUT2D eigenvalue weighted by Gasteiger charge is 2.41. The van der Waals surface area contributed by atoms with Crippen LogP contribution in [-0.2, 0) is 6.42 Å². The summed E-state index contributed by atoms with van der Waals surface area (Å²) in [5.74, 6) is 1.64. The van der Waals surface area contributed by atoms with Crippen LogP contribution in [0.15, 0.2) is 95.0 Å². The van der Waals surface area contributed by atoms with Gasteiger partial charge in [-0.05, 0) is 42.0 Å². The molecular formula is C26H22N3O3S+. The highest BCUT2D eigenvalue weighted by molar-refractivity contribution is 7.99. The Morgan fingerprint density at radius 3 is 2.45 bits per heavy atom. The van der Waals surface area contributed by atoms with Crippen LogP contribution in [0.4, 0.5) is 5.82 Å². The standard InChI is InChI=1S/C26H21N3O3S/c1-32-20-11-13-21(14-12-20)33-25-24-27-22(15-17-7-9-19(30)10-8-17)26(31)29(24)16-23(28-25)18-5-3-2-4-6-18/h2-14,16,22,30H,15H2,1H3/p+1. The van der Waals surface area contributed by atoms with E-state index < -0.39 is 6.04 Å². The maximum atomic E-state index is 13.3.